The molecule has 2 aromatic carbocycles. The third kappa shape index (κ3) is 5.08. The highest BCUT2D eigenvalue weighted by Gasteiger charge is 2.41. The monoisotopic (exact) mass is 464 g/mol. The van der Waals surface area contributed by atoms with Crippen LogP contribution < -0.4 is 10.6 Å². The molecule has 7 nitrogen and oxygen atoms in total. The van der Waals surface area contributed by atoms with E-state index in [0.717, 1.165) is 41.5 Å². The molecule has 0 spiro atoms. The number of benzene rings is 2. The van der Waals surface area contributed by atoms with Gasteiger partial charge >= 0.3 is 12.1 Å². The minimum Gasteiger partial charge on any atom is -0.481 e. The van der Waals surface area contributed by atoms with E-state index in [1.165, 1.54) is 0 Å². The molecule has 2 amide bonds. The summed E-state index contributed by atoms with van der Waals surface area (Å²) in [5.74, 6) is -1.41. The lowest BCUT2D eigenvalue weighted by molar-refractivity contribution is -0.138. The van der Waals surface area contributed by atoms with Crippen LogP contribution in [0.5, 0.6) is 0 Å². The van der Waals surface area contributed by atoms with E-state index in [0.29, 0.717) is 12.8 Å². The first-order valence-electron chi connectivity index (χ1n) is 12.0. The Morgan fingerprint density at radius 1 is 1.00 bits per heavy atom. The first kappa shape index (κ1) is 23.8. The molecule has 0 radical (unpaired) electrons. The van der Waals surface area contributed by atoms with Crippen molar-refractivity contribution in [3.63, 3.8) is 0 Å². The van der Waals surface area contributed by atoms with Gasteiger partial charge < -0.3 is 20.5 Å². The van der Waals surface area contributed by atoms with Gasteiger partial charge in [0.1, 0.15) is 12.1 Å². The van der Waals surface area contributed by atoms with Crippen LogP contribution in [-0.4, -0.2) is 41.8 Å². The molecule has 1 atom stereocenters. The van der Waals surface area contributed by atoms with Crippen molar-refractivity contribution in [1.29, 1.82) is 0 Å². The molecule has 0 bridgehead atoms. The number of carbonyl (C=O) groups is 3. The lowest BCUT2D eigenvalue weighted by atomic mass is 9.81. The number of hydrogen-bond acceptors (Lipinski definition) is 4. The van der Waals surface area contributed by atoms with Crippen LogP contribution in [0.15, 0.2) is 48.5 Å². The summed E-state index contributed by atoms with van der Waals surface area (Å²) >= 11 is 0. The summed E-state index contributed by atoms with van der Waals surface area (Å²) in [6.45, 7) is 2.22. The van der Waals surface area contributed by atoms with Gasteiger partial charge in [-0.15, -0.1) is 0 Å². The van der Waals surface area contributed by atoms with Crippen molar-refractivity contribution in [3.8, 4) is 11.1 Å². The predicted octanol–water partition coefficient (Wildman–Crippen LogP) is 4.46. The van der Waals surface area contributed by atoms with E-state index in [1.807, 2.05) is 24.3 Å². The predicted molar refractivity (Wildman–Crippen MR) is 128 cm³/mol. The van der Waals surface area contributed by atoms with Crippen LogP contribution in [0.25, 0.3) is 11.1 Å². The van der Waals surface area contributed by atoms with Crippen molar-refractivity contribution in [3.05, 3.63) is 59.7 Å². The number of rotatable bonds is 8. The van der Waals surface area contributed by atoms with E-state index in [-0.39, 0.29) is 37.3 Å². The van der Waals surface area contributed by atoms with E-state index in [1.54, 1.807) is 6.92 Å². The highest BCUT2D eigenvalue weighted by atomic mass is 16.5. The van der Waals surface area contributed by atoms with Gasteiger partial charge in [-0.2, -0.15) is 0 Å². The fraction of sp³-hybridized carbons (Fsp3) is 0.444. The third-order valence-electron chi connectivity index (χ3n) is 6.96. The summed E-state index contributed by atoms with van der Waals surface area (Å²) in [6.07, 6.45) is 3.14. The number of fused-ring (bicyclic) bond motifs is 3. The van der Waals surface area contributed by atoms with E-state index >= 15 is 0 Å². The number of carboxylic acid groups (broad SMARTS) is 1. The zero-order chi connectivity index (χ0) is 24.1. The van der Waals surface area contributed by atoms with Gasteiger partial charge in [0, 0.05) is 18.9 Å². The molecule has 2 aromatic rings. The van der Waals surface area contributed by atoms with Gasteiger partial charge in [-0.05, 0) is 41.0 Å². The Labute approximate surface area is 199 Å². The Hall–Kier alpha value is -3.35. The van der Waals surface area contributed by atoms with Crippen LogP contribution in [-0.2, 0) is 14.3 Å². The van der Waals surface area contributed by atoms with Crippen LogP contribution in [0, 0.1) is 5.92 Å². The number of ether oxygens (including phenoxy) is 1. The second-order valence-corrected chi connectivity index (χ2v) is 9.51. The van der Waals surface area contributed by atoms with Crippen molar-refractivity contribution < 1.29 is 24.2 Å². The van der Waals surface area contributed by atoms with Crippen LogP contribution >= 0.6 is 0 Å². The molecule has 4 rings (SSSR count). The zero-order valence-corrected chi connectivity index (χ0v) is 19.5. The molecule has 180 valence electrons. The van der Waals surface area contributed by atoms with Crippen molar-refractivity contribution in [2.24, 2.45) is 5.92 Å². The zero-order valence-electron chi connectivity index (χ0n) is 19.5. The Kier molecular flexibility index (Phi) is 7.20. The molecule has 0 saturated heterocycles. The summed E-state index contributed by atoms with van der Waals surface area (Å²) < 4.78 is 5.69. The second-order valence-electron chi connectivity index (χ2n) is 9.51. The Balaban J connectivity index is 1.41. The van der Waals surface area contributed by atoms with Crippen LogP contribution in [0.3, 0.4) is 0 Å². The maximum absolute atomic E-state index is 13.1. The standard InChI is InChI=1S/C27H32N2O5/c1-18(15-24(30)31)16-28-25(32)27(13-7-2-8-14-27)29-26(33)34-17-23-21-11-5-3-9-19(21)20-10-4-6-12-22(20)23/h3-6,9-12,18,23H,2,7-8,13-17H2,1H3,(H,28,32)(H,29,33)(H,30,31). The SMILES string of the molecule is CC(CNC(=O)C1(NC(=O)OCC2c3ccccc3-c3ccccc32)CCCCC1)CC(=O)O. The average molecular weight is 465 g/mol. The molecule has 0 heterocycles. The van der Waals surface area contributed by atoms with E-state index in [2.05, 4.69) is 34.9 Å². The van der Waals surface area contributed by atoms with Crippen molar-refractivity contribution >= 4 is 18.0 Å². The van der Waals surface area contributed by atoms with Gasteiger partial charge in [0.05, 0.1) is 0 Å². The van der Waals surface area contributed by atoms with Gasteiger partial charge in [-0.25, -0.2) is 4.79 Å². The highest BCUT2D eigenvalue weighted by Crippen LogP contribution is 2.44. The summed E-state index contributed by atoms with van der Waals surface area (Å²) in [5.41, 5.74) is 3.56. The molecule has 1 saturated carbocycles. The minimum absolute atomic E-state index is 0.0207. The number of aliphatic carboxylic acids is 1. The molecule has 1 unspecified atom stereocenters. The fourth-order valence-electron chi connectivity index (χ4n) is 5.20. The van der Waals surface area contributed by atoms with Crippen LogP contribution in [0.4, 0.5) is 4.79 Å². The Bertz CT molecular complexity index is 1010. The third-order valence-corrected chi connectivity index (χ3v) is 6.96. The molecule has 0 aromatic heterocycles. The topological polar surface area (TPSA) is 105 Å². The number of carboxylic acids is 1. The maximum Gasteiger partial charge on any atom is 0.408 e. The van der Waals surface area contributed by atoms with Crippen LogP contribution in [0.1, 0.15) is 62.5 Å². The van der Waals surface area contributed by atoms with Crippen molar-refractivity contribution in [1.82, 2.24) is 10.6 Å². The molecule has 1 fully saturated rings. The fourth-order valence-corrected chi connectivity index (χ4v) is 5.20. The molecule has 34 heavy (non-hydrogen) atoms. The molecular weight excluding hydrogens is 432 g/mol. The number of hydrogen-bond donors (Lipinski definition) is 3. The van der Waals surface area contributed by atoms with E-state index in [9.17, 15) is 14.4 Å². The van der Waals surface area contributed by atoms with Gasteiger partial charge in [-0.1, -0.05) is 74.7 Å². The quantitative estimate of drug-likeness (QED) is 0.535. The summed E-state index contributed by atoms with van der Waals surface area (Å²) in [7, 11) is 0. The van der Waals surface area contributed by atoms with Gasteiger partial charge in [0.25, 0.3) is 0 Å². The normalized spacial score (nSPS) is 17.2. The molecule has 0 aliphatic heterocycles. The highest BCUT2D eigenvalue weighted by molar-refractivity contribution is 5.90. The number of alkyl carbamates (subject to hydrolysis) is 1. The average Bonchev–Trinajstić information content (AvgIpc) is 3.15. The minimum atomic E-state index is -1.02. The van der Waals surface area contributed by atoms with Gasteiger partial charge in [-0.3, -0.25) is 9.59 Å². The molecule has 7 heteroatoms. The smallest absolute Gasteiger partial charge is 0.408 e. The largest absolute Gasteiger partial charge is 0.481 e. The van der Waals surface area contributed by atoms with Gasteiger partial charge in [0.15, 0.2) is 0 Å². The van der Waals surface area contributed by atoms with Crippen molar-refractivity contribution in [2.45, 2.75) is 56.9 Å². The number of nitrogens with one attached hydrogen (secondary N) is 2. The first-order chi connectivity index (χ1) is 16.4. The Morgan fingerprint density at radius 2 is 1.59 bits per heavy atom. The lowest BCUT2D eigenvalue weighted by Crippen LogP contribution is -2.60. The molecule has 3 N–H and O–H groups in total. The number of amides is 2. The summed E-state index contributed by atoms with van der Waals surface area (Å²) in [5, 5.41) is 14.7. The van der Waals surface area contributed by atoms with Gasteiger partial charge in [0.2, 0.25) is 5.91 Å². The van der Waals surface area contributed by atoms with Crippen molar-refractivity contribution in [2.75, 3.05) is 13.2 Å². The molecule has 2 aliphatic carbocycles. The lowest BCUT2D eigenvalue weighted by Gasteiger charge is -2.36. The maximum atomic E-state index is 13.1. The second kappa shape index (κ2) is 10.3. The van der Waals surface area contributed by atoms with E-state index < -0.39 is 17.6 Å². The van der Waals surface area contributed by atoms with Crippen LogP contribution in [0.2, 0.25) is 0 Å². The Morgan fingerprint density at radius 3 is 2.18 bits per heavy atom. The summed E-state index contributed by atoms with van der Waals surface area (Å²) in [6, 6.07) is 16.3. The molecule has 2 aliphatic rings. The summed E-state index contributed by atoms with van der Waals surface area (Å²) in [4.78, 5) is 36.9. The number of carbonyl (C=O) groups excluding carboxylic acids is 2. The van der Waals surface area contributed by atoms with E-state index in [4.69, 9.17) is 9.84 Å². The molecular formula is C27H32N2O5. The first-order valence-corrected chi connectivity index (χ1v) is 12.0.